The van der Waals surface area contributed by atoms with Gasteiger partial charge in [-0.3, -0.25) is 9.48 Å². The Hall–Kier alpha value is -3.91. The molecule has 0 N–H and O–H groups in total. The summed E-state index contributed by atoms with van der Waals surface area (Å²) in [6.45, 7) is 3.27. The quantitative estimate of drug-likeness (QED) is 0.467. The van der Waals surface area contributed by atoms with Crippen molar-refractivity contribution in [2.24, 2.45) is 0 Å². The molecule has 1 fully saturated rings. The van der Waals surface area contributed by atoms with Gasteiger partial charge in [-0.25, -0.2) is 14.4 Å². The van der Waals surface area contributed by atoms with Crippen LogP contribution >= 0.6 is 0 Å². The minimum absolute atomic E-state index is 0.130. The van der Waals surface area contributed by atoms with Crippen molar-refractivity contribution in [3.05, 3.63) is 90.1 Å². The summed E-state index contributed by atoms with van der Waals surface area (Å²) in [5.74, 6) is 0.0891. The number of ether oxygens (including phenoxy) is 1. The zero-order chi connectivity index (χ0) is 22.8. The van der Waals surface area contributed by atoms with Gasteiger partial charge in [0.1, 0.15) is 5.82 Å². The van der Waals surface area contributed by atoms with Gasteiger partial charge in [0.2, 0.25) is 0 Å². The van der Waals surface area contributed by atoms with Gasteiger partial charge in [0.05, 0.1) is 24.4 Å². The molecule has 0 radical (unpaired) electrons. The summed E-state index contributed by atoms with van der Waals surface area (Å²) in [7, 11) is 0. The molecule has 0 spiro atoms. The molecule has 166 valence electrons. The minimum Gasteiger partial charge on any atom is -0.354 e. The number of aromatic nitrogens is 4. The van der Waals surface area contributed by atoms with Crippen LogP contribution in [0.1, 0.15) is 15.9 Å². The molecule has 3 heterocycles. The minimum atomic E-state index is -0.455. The van der Waals surface area contributed by atoms with E-state index in [1.54, 1.807) is 40.2 Å². The Kier molecular flexibility index (Phi) is 5.66. The van der Waals surface area contributed by atoms with E-state index in [0.717, 1.165) is 16.8 Å². The summed E-state index contributed by atoms with van der Waals surface area (Å²) in [5, 5.41) is 4.58. The number of amides is 1. The molecular weight excluding hydrogens is 421 g/mol. The third-order valence-corrected chi connectivity index (χ3v) is 5.59. The summed E-state index contributed by atoms with van der Waals surface area (Å²) in [4.78, 5) is 23.9. The molecule has 8 heteroatoms. The van der Waals surface area contributed by atoms with Gasteiger partial charge < -0.3 is 9.64 Å². The maximum atomic E-state index is 13.6. The molecule has 1 aliphatic rings. The van der Waals surface area contributed by atoms with Crippen molar-refractivity contribution in [3.63, 3.8) is 0 Å². The molecule has 33 heavy (non-hydrogen) atoms. The number of rotatable bonds is 5. The lowest BCUT2D eigenvalue weighted by molar-refractivity contribution is 0.0173. The molecule has 1 unspecified atom stereocenters. The van der Waals surface area contributed by atoms with Crippen LogP contribution in [0, 0.1) is 12.7 Å². The molecule has 2 aromatic carbocycles. The molecule has 7 nitrogen and oxygen atoms in total. The normalized spacial score (nSPS) is 15.7. The lowest BCUT2D eigenvalue weighted by Gasteiger charge is -2.24. The average Bonchev–Trinajstić information content (AvgIpc) is 3.50. The standard InChI is InChI=1S/C25H22FN5O2/c1-17-3-8-20(24-27-10-2-11-28-24)21(15-17)25(32)31-13-14-33-23(31)16-30-12-9-22(29-30)18-4-6-19(26)7-5-18/h2-12,15,23H,13-14,16H2,1H3. The Bertz CT molecular complexity index is 1270. The monoisotopic (exact) mass is 443 g/mol. The second-order valence-corrected chi connectivity index (χ2v) is 7.88. The van der Waals surface area contributed by atoms with Crippen LogP contribution in [0.4, 0.5) is 4.39 Å². The third-order valence-electron chi connectivity index (χ3n) is 5.59. The number of halogens is 1. The van der Waals surface area contributed by atoms with Gasteiger partial charge in [-0.05, 0) is 49.4 Å². The molecular formula is C25H22FN5O2. The maximum Gasteiger partial charge on any atom is 0.256 e. The molecule has 0 saturated carbocycles. The largest absolute Gasteiger partial charge is 0.354 e. The lowest BCUT2D eigenvalue weighted by atomic mass is 10.0. The van der Waals surface area contributed by atoms with E-state index in [9.17, 15) is 9.18 Å². The van der Waals surface area contributed by atoms with E-state index in [4.69, 9.17) is 4.74 Å². The van der Waals surface area contributed by atoms with Crippen molar-refractivity contribution in [1.82, 2.24) is 24.6 Å². The van der Waals surface area contributed by atoms with Crippen LogP contribution in [0.3, 0.4) is 0 Å². The van der Waals surface area contributed by atoms with Crippen molar-refractivity contribution in [3.8, 4) is 22.6 Å². The number of benzene rings is 2. The van der Waals surface area contributed by atoms with Gasteiger partial charge in [0.15, 0.2) is 12.1 Å². The fourth-order valence-corrected chi connectivity index (χ4v) is 3.93. The summed E-state index contributed by atoms with van der Waals surface area (Å²) in [6, 6.07) is 15.5. The number of hydrogen-bond donors (Lipinski definition) is 0. The molecule has 2 aromatic heterocycles. The third kappa shape index (κ3) is 4.38. The Balaban J connectivity index is 1.38. The first-order valence-electron chi connectivity index (χ1n) is 10.7. The van der Waals surface area contributed by atoms with Crippen LogP contribution in [0.2, 0.25) is 0 Å². The zero-order valence-electron chi connectivity index (χ0n) is 18.1. The zero-order valence-corrected chi connectivity index (χ0v) is 18.1. The van der Waals surface area contributed by atoms with E-state index >= 15 is 0 Å². The number of nitrogens with zero attached hydrogens (tertiary/aromatic N) is 5. The Morgan fingerprint density at radius 2 is 1.91 bits per heavy atom. The summed E-state index contributed by atoms with van der Waals surface area (Å²) >= 11 is 0. The Labute approximate surface area is 190 Å². The molecule has 1 amide bonds. The molecule has 4 aromatic rings. The summed E-state index contributed by atoms with van der Waals surface area (Å²) < 4.78 is 20.8. The van der Waals surface area contributed by atoms with Crippen LogP contribution in [0.25, 0.3) is 22.6 Å². The van der Waals surface area contributed by atoms with Crippen molar-refractivity contribution < 1.29 is 13.9 Å². The highest BCUT2D eigenvalue weighted by Crippen LogP contribution is 2.26. The highest BCUT2D eigenvalue weighted by atomic mass is 19.1. The van der Waals surface area contributed by atoms with Gasteiger partial charge >= 0.3 is 0 Å². The van der Waals surface area contributed by atoms with E-state index in [1.165, 1.54) is 12.1 Å². The van der Waals surface area contributed by atoms with Gasteiger partial charge in [-0.1, -0.05) is 17.7 Å². The van der Waals surface area contributed by atoms with Gasteiger partial charge in [0, 0.05) is 36.3 Å². The second kappa shape index (κ2) is 8.91. The fraction of sp³-hybridized carbons (Fsp3) is 0.200. The molecule has 1 aliphatic heterocycles. The molecule has 0 aliphatic carbocycles. The van der Waals surface area contributed by atoms with Crippen LogP contribution < -0.4 is 0 Å². The van der Waals surface area contributed by atoms with Crippen molar-refractivity contribution in [1.29, 1.82) is 0 Å². The maximum absolute atomic E-state index is 13.6. The first kappa shape index (κ1) is 21.0. The van der Waals surface area contributed by atoms with E-state index in [-0.39, 0.29) is 11.7 Å². The van der Waals surface area contributed by atoms with Gasteiger partial charge in [0.25, 0.3) is 5.91 Å². The van der Waals surface area contributed by atoms with Crippen molar-refractivity contribution in [2.75, 3.05) is 13.2 Å². The van der Waals surface area contributed by atoms with Crippen molar-refractivity contribution >= 4 is 5.91 Å². The van der Waals surface area contributed by atoms with Crippen LogP contribution in [-0.4, -0.2) is 49.9 Å². The van der Waals surface area contributed by atoms with E-state index in [0.29, 0.717) is 36.6 Å². The second-order valence-electron chi connectivity index (χ2n) is 7.88. The highest BCUT2D eigenvalue weighted by Gasteiger charge is 2.32. The van der Waals surface area contributed by atoms with E-state index in [1.807, 2.05) is 37.4 Å². The predicted octanol–water partition coefficient (Wildman–Crippen LogP) is 3.95. The topological polar surface area (TPSA) is 73.1 Å². The fourth-order valence-electron chi connectivity index (χ4n) is 3.93. The van der Waals surface area contributed by atoms with Crippen LogP contribution in [-0.2, 0) is 11.3 Å². The Morgan fingerprint density at radius 1 is 1.12 bits per heavy atom. The molecule has 1 atom stereocenters. The summed E-state index contributed by atoms with van der Waals surface area (Å²) in [6.07, 6.45) is 4.70. The van der Waals surface area contributed by atoms with Crippen LogP contribution in [0.15, 0.2) is 73.2 Å². The van der Waals surface area contributed by atoms with E-state index < -0.39 is 6.23 Å². The number of carbonyl (C=O) groups is 1. The first-order chi connectivity index (χ1) is 16.1. The Morgan fingerprint density at radius 3 is 2.70 bits per heavy atom. The summed E-state index contributed by atoms with van der Waals surface area (Å²) in [5.41, 5.74) is 3.76. The van der Waals surface area contributed by atoms with Gasteiger partial charge in [-0.15, -0.1) is 0 Å². The lowest BCUT2D eigenvalue weighted by Crippen LogP contribution is -2.39. The number of hydrogen-bond acceptors (Lipinski definition) is 5. The highest BCUT2D eigenvalue weighted by molar-refractivity contribution is 6.00. The molecule has 5 rings (SSSR count). The van der Waals surface area contributed by atoms with Gasteiger partial charge in [-0.2, -0.15) is 5.10 Å². The number of aryl methyl sites for hydroxylation is 1. The predicted molar refractivity (Wildman–Crippen MR) is 121 cm³/mol. The molecule has 0 bridgehead atoms. The SMILES string of the molecule is Cc1ccc(-c2ncccn2)c(C(=O)N2CCOC2Cn2ccc(-c3ccc(F)cc3)n2)c1. The van der Waals surface area contributed by atoms with E-state index in [2.05, 4.69) is 15.1 Å². The molecule has 1 saturated heterocycles. The average molecular weight is 443 g/mol. The number of carbonyl (C=O) groups excluding carboxylic acids is 1. The van der Waals surface area contributed by atoms with Crippen LogP contribution in [0.5, 0.6) is 0 Å². The first-order valence-corrected chi connectivity index (χ1v) is 10.7. The smallest absolute Gasteiger partial charge is 0.256 e. The van der Waals surface area contributed by atoms with Crippen molar-refractivity contribution in [2.45, 2.75) is 19.7 Å².